The SMILES string of the molecule is COC(=O)C1(NC2CCCC2)CC(C)N(C2CC2)C1. The molecule has 1 heterocycles. The van der Waals surface area contributed by atoms with Crippen LogP contribution in [0.25, 0.3) is 0 Å². The van der Waals surface area contributed by atoms with Crippen molar-refractivity contribution in [1.82, 2.24) is 10.2 Å². The van der Waals surface area contributed by atoms with Gasteiger partial charge >= 0.3 is 5.97 Å². The standard InChI is InChI=1S/C15H26N2O2/c1-11-9-15(14(18)19-2,10-17(11)13-7-8-13)16-12-5-3-4-6-12/h11-13,16H,3-10H2,1-2H3. The lowest BCUT2D eigenvalue weighted by Gasteiger charge is -2.31. The number of nitrogens with one attached hydrogen (secondary N) is 1. The van der Waals surface area contributed by atoms with E-state index in [1.165, 1.54) is 45.6 Å². The van der Waals surface area contributed by atoms with Crippen molar-refractivity contribution in [2.75, 3.05) is 13.7 Å². The Kier molecular flexibility index (Phi) is 3.56. The first-order chi connectivity index (χ1) is 9.14. The van der Waals surface area contributed by atoms with Crippen LogP contribution in [0.5, 0.6) is 0 Å². The number of hydrogen-bond donors (Lipinski definition) is 1. The highest BCUT2D eigenvalue weighted by Crippen LogP contribution is 2.38. The number of esters is 1. The predicted molar refractivity (Wildman–Crippen MR) is 73.9 cm³/mol. The zero-order valence-electron chi connectivity index (χ0n) is 12.2. The maximum absolute atomic E-state index is 12.3. The Morgan fingerprint density at radius 1 is 1.26 bits per heavy atom. The van der Waals surface area contributed by atoms with Crippen molar-refractivity contribution >= 4 is 5.97 Å². The molecule has 3 aliphatic rings. The molecule has 108 valence electrons. The van der Waals surface area contributed by atoms with Crippen molar-refractivity contribution < 1.29 is 9.53 Å². The second-order valence-electron chi connectivity index (χ2n) is 6.66. The maximum atomic E-state index is 12.3. The number of rotatable bonds is 4. The molecule has 0 spiro atoms. The summed E-state index contributed by atoms with van der Waals surface area (Å²) in [5.74, 6) is -0.0607. The fourth-order valence-corrected chi connectivity index (χ4v) is 4.02. The summed E-state index contributed by atoms with van der Waals surface area (Å²) in [4.78, 5) is 14.9. The Hall–Kier alpha value is -0.610. The second kappa shape index (κ2) is 5.06. The minimum absolute atomic E-state index is 0.0607. The number of nitrogens with zero attached hydrogens (tertiary/aromatic N) is 1. The highest BCUT2D eigenvalue weighted by atomic mass is 16.5. The molecule has 1 saturated heterocycles. The summed E-state index contributed by atoms with van der Waals surface area (Å²) in [7, 11) is 1.52. The van der Waals surface area contributed by atoms with Crippen LogP contribution in [0, 0.1) is 0 Å². The van der Waals surface area contributed by atoms with E-state index >= 15 is 0 Å². The molecular formula is C15H26N2O2. The molecule has 0 aromatic carbocycles. The number of hydrogen-bond acceptors (Lipinski definition) is 4. The largest absolute Gasteiger partial charge is 0.468 e. The monoisotopic (exact) mass is 266 g/mol. The van der Waals surface area contributed by atoms with Crippen LogP contribution in [0.4, 0.5) is 0 Å². The van der Waals surface area contributed by atoms with Crippen LogP contribution < -0.4 is 5.32 Å². The third-order valence-corrected chi connectivity index (χ3v) is 5.09. The number of carbonyl (C=O) groups is 1. The summed E-state index contributed by atoms with van der Waals surface area (Å²) >= 11 is 0. The minimum Gasteiger partial charge on any atom is -0.468 e. The van der Waals surface area contributed by atoms with Gasteiger partial charge < -0.3 is 4.74 Å². The van der Waals surface area contributed by atoms with Crippen LogP contribution in [0.15, 0.2) is 0 Å². The third-order valence-electron chi connectivity index (χ3n) is 5.09. The average Bonchev–Trinajstić information content (AvgIpc) is 3.02. The van der Waals surface area contributed by atoms with Gasteiger partial charge in [0.2, 0.25) is 0 Å². The molecule has 2 aliphatic carbocycles. The van der Waals surface area contributed by atoms with Gasteiger partial charge in [-0.1, -0.05) is 12.8 Å². The van der Waals surface area contributed by atoms with E-state index in [0.29, 0.717) is 18.1 Å². The normalized spacial score (nSPS) is 36.8. The molecule has 3 rings (SSSR count). The van der Waals surface area contributed by atoms with E-state index in [0.717, 1.165) is 13.0 Å². The number of methoxy groups -OCH3 is 1. The first-order valence-corrected chi connectivity index (χ1v) is 7.76. The Morgan fingerprint density at radius 3 is 2.53 bits per heavy atom. The van der Waals surface area contributed by atoms with Crippen LogP contribution in [0.2, 0.25) is 0 Å². The second-order valence-corrected chi connectivity index (χ2v) is 6.66. The van der Waals surface area contributed by atoms with E-state index in [9.17, 15) is 4.79 Å². The first-order valence-electron chi connectivity index (χ1n) is 7.76. The highest BCUT2D eigenvalue weighted by molar-refractivity contribution is 5.82. The molecule has 3 fully saturated rings. The van der Waals surface area contributed by atoms with Crippen LogP contribution in [-0.4, -0.2) is 48.2 Å². The fourth-order valence-electron chi connectivity index (χ4n) is 4.02. The first kappa shape index (κ1) is 13.4. The van der Waals surface area contributed by atoms with Gasteiger partial charge in [-0.3, -0.25) is 15.0 Å². The van der Waals surface area contributed by atoms with Gasteiger partial charge in [0.15, 0.2) is 0 Å². The molecule has 1 N–H and O–H groups in total. The van der Waals surface area contributed by atoms with Crippen molar-refractivity contribution in [3.63, 3.8) is 0 Å². The van der Waals surface area contributed by atoms with E-state index in [1.54, 1.807) is 0 Å². The van der Waals surface area contributed by atoms with Crippen LogP contribution in [0.1, 0.15) is 51.9 Å². The predicted octanol–water partition coefficient (Wildman–Crippen LogP) is 1.69. The lowest BCUT2D eigenvalue weighted by atomic mass is 9.94. The summed E-state index contributed by atoms with van der Waals surface area (Å²) in [6.45, 7) is 3.08. The van der Waals surface area contributed by atoms with Crippen molar-refractivity contribution in [2.45, 2.75) is 75.5 Å². The molecule has 0 amide bonds. The molecule has 4 heteroatoms. The van der Waals surface area contributed by atoms with Gasteiger partial charge in [0, 0.05) is 24.7 Å². The van der Waals surface area contributed by atoms with Crippen LogP contribution >= 0.6 is 0 Å². The molecule has 2 saturated carbocycles. The van der Waals surface area contributed by atoms with E-state index in [4.69, 9.17) is 4.74 Å². The van der Waals surface area contributed by atoms with Crippen molar-refractivity contribution in [2.24, 2.45) is 0 Å². The number of carbonyl (C=O) groups excluding carboxylic acids is 1. The van der Waals surface area contributed by atoms with Crippen molar-refractivity contribution in [1.29, 1.82) is 0 Å². The molecule has 0 bridgehead atoms. The molecule has 19 heavy (non-hydrogen) atoms. The molecule has 0 aromatic rings. The van der Waals surface area contributed by atoms with Gasteiger partial charge in [0.1, 0.15) is 5.54 Å². The van der Waals surface area contributed by atoms with E-state index in [2.05, 4.69) is 17.1 Å². The summed E-state index contributed by atoms with van der Waals surface area (Å²) in [6, 6.07) is 1.71. The van der Waals surface area contributed by atoms with E-state index < -0.39 is 5.54 Å². The van der Waals surface area contributed by atoms with Gasteiger partial charge in [-0.15, -0.1) is 0 Å². The minimum atomic E-state index is -0.453. The number of likely N-dealkylation sites (tertiary alicyclic amines) is 1. The topological polar surface area (TPSA) is 41.6 Å². The summed E-state index contributed by atoms with van der Waals surface area (Å²) in [6.07, 6.45) is 8.48. The summed E-state index contributed by atoms with van der Waals surface area (Å²) in [5, 5.41) is 3.67. The molecule has 1 aliphatic heterocycles. The highest BCUT2D eigenvalue weighted by Gasteiger charge is 2.52. The van der Waals surface area contributed by atoms with Crippen LogP contribution in [-0.2, 0) is 9.53 Å². The Labute approximate surface area is 115 Å². The third kappa shape index (κ3) is 2.52. The number of ether oxygens (including phenoxy) is 1. The molecule has 0 radical (unpaired) electrons. The fraction of sp³-hybridized carbons (Fsp3) is 0.933. The van der Waals surface area contributed by atoms with Crippen molar-refractivity contribution in [3.05, 3.63) is 0 Å². The van der Waals surface area contributed by atoms with Gasteiger partial charge in [-0.05, 0) is 39.0 Å². The van der Waals surface area contributed by atoms with Gasteiger partial charge in [0.05, 0.1) is 7.11 Å². The van der Waals surface area contributed by atoms with Gasteiger partial charge in [-0.25, -0.2) is 0 Å². The Morgan fingerprint density at radius 2 is 1.95 bits per heavy atom. The zero-order valence-corrected chi connectivity index (χ0v) is 12.2. The lowest BCUT2D eigenvalue weighted by Crippen LogP contribution is -2.57. The summed E-state index contributed by atoms with van der Waals surface area (Å²) in [5.41, 5.74) is -0.453. The summed E-state index contributed by atoms with van der Waals surface area (Å²) < 4.78 is 5.12. The lowest BCUT2D eigenvalue weighted by molar-refractivity contribution is -0.148. The molecule has 2 unspecified atom stereocenters. The molecular weight excluding hydrogens is 240 g/mol. The Bertz CT molecular complexity index is 346. The quantitative estimate of drug-likeness (QED) is 0.786. The van der Waals surface area contributed by atoms with E-state index in [-0.39, 0.29) is 5.97 Å². The molecule has 0 aromatic heterocycles. The maximum Gasteiger partial charge on any atom is 0.327 e. The average molecular weight is 266 g/mol. The van der Waals surface area contributed by atoms with Crippen LogP contribution in [0.3, 0.4) is 0 Å². The van der Waals surface area contributed by atoms with Gasteiger partial charge in [0.25, 0.3) is 0 Å². The van der Waals surface area contributed by atoms with E-state index in [1.807, 2.05) is 0 Å². The smallest absolute Gasteiger partial charge is 0.327 e. The molecule has 4 nitrogen and oxygen atoms in total. The van der Waals surface area contributed by atoms with Gasteiger partial charge in [-0.2, -0.15) is 0 Å². The molecule has 2 atom stereocenters. The van der Waals surface area contributed by atoms with Crippen molar-refractivity contribution in [3.8, 4) is 0 Å². The zero-order chi connectivity index (χ0) is 13.5. The Balaban J connectivity index is 1.75.